The van der Waals surface area contributed by atoms with Gasteiger partial charge < -0.3 is 19.1 Å². The molecule has 0 bridgehead atoms. The average molecular weight is 379 g/mol. The molecule has 2 aromatic carbocycles. The Kier molecular flexibility index (Phi) is 4.34. The summed E-state index contributed by atoms with van der Waals surface area (Å²) in [5.41, 5.74) is 1.63. The zero-order valence-corrected chi connectivity index (χ0v) is 16.0. The van der Waals surface area contributed by atoms with Crippen molar-refractivity contribution in [1.82, 2.24) is 0 Å². The van der Waals surface area contributed by atoms with Crippen molar-refractivity contribution in [3.8, 4) is 11.5 Å². The van der Waals surface area contributed by atoms with Gasteiger partial charge in [-0.2, -0.15) is 0 Å². The number of hydrogen-bond acceptors (Lipinski definition) is 5. The summed E-state index contributed by atoms with van der Waals surface area (Å²) in [4.78, 5) is 27.5. The normalized spacial score (nSPS) is 20.7. The van der Waals surface area contributed by atoms with E-state index in [1.165, 1.54) is 6.08 Å². The minimum atomic E-state index is -1.37. The van der Waals surface area contributed by atoms with Crippen LogP contribution in [0, 0.1) is 0 Å². The maximum Gasteiger partial charge on any atom is 0.332 e. The van der Waals surface area contributed by atoms with Crippen LogP contribution in [0.3, 0.4) is 0 Å². The van der Waals surface area contributed by atoms with Crippen molar-refractivity contribution in [1.29, 1.82) is 0 Å². The Bertz CT molecular complexity index is 979. The van der Waals surface area contributed by atoms with Crippen LogP contribution >= 0.6 is 0 Å². The molecule has 1 spiro atoms. The van der Waals surface area contributed by atoms with Gasteiger partial charge in [-0.25, -0.2) is 4.79 Å². The maximum absolute atomic E-state index is 13.4. The Balaban J connectivity index is 1.82. The Morgan fingerprint density at radius 2 is 1.71 bits per heavy atom. The third kappa shape index (κ3) is 2.64. The first kappa shape index (κ1) is 18.1. The summed E-state index contributed by atoms with van der Waals surface area (Å²) in [5, 5.41) is 0. The summed E-state index contributed by atoms with van der Waals surface area (Å²) in [6.45, 7) is 2.38. The Morgan fingerprint density at radius 1 is 1.04 bits per heavy atom. The Labute approximate surface area is 163 Å². The number of hydrogen-bond donors (Lipinski definition) is 0. The van der Waals surface area contributed by atoms with Gasteiger partial charge in [0.1, 0.15) is 11.5 Å². The quantitative estimate of drug-likeness (QED) is 0.763. The molecule has 0 N–H and O–H groups in total. The van der Waals surface area contributed by atoms with E-state index in [1.54, 1.807) is 31.3 Å². The standard InChI is InChI=1S/C22H21NO5/c1-4-23-19-10-9-17(27-3)12-18(19)22(21(23)25)13-15(11-20(24)28-22)14-5-7-16(26-2)8-6-14/h5-12H,4,13H2,1-3H3/t22-/m0/s1. The van der Waals surface area contributed by atoms with Crippen LogP contribution in [0.25, 0.3) is 5.57 Å². The lowest BCUT2D eigenvalue weighted by Crippen LogP contribution is -2.45. The largest absolute Gasteiger partial charge is 0.497 e. The van der Waals surface area contributed by atoms with E-state index in [9.17, 15) is 9.59 Å². The highest BCUT2D eigenvalue weighted by Crippen LogP contribution is 2.50. The van der Waals surface area contributed by atoms with Crippen LogP contribution in [0.1, 0.15) is 24.5 Å². The summed E-state index contributed by atoms with van der Waals surface area (Å²) in [5.74, 6) is 0.574. The predicted octanol–water partition coefficient (Wildman–Crippen LogP) is 3.30. The second-order valence-electron chi connectivity index (χ2n) is 6.76. The van der Waals surface area contributed by atoms with Gasteiger partial charge in [0.15, 0.2) is 0 Å². The van der Waals surface area contributed by atoms with Crippen LogP contribution in [-0.2, 0) is 19.9 Å². The van der Waals surface area contributed by atoms with Gasteiger partial charge >= 0.3 is 5.97 Å². The molecule has 2 aliphatic rings. The number of anilines is 1. The molecule has 0 aromatic heterocycles. The zero-order chi connectivity index (χ0) is 19.9. The number of carbonyl (C=O) groups is 2. The molecule has 28 heavy (non-hydrogen) atoms. The van der Waals surface area contributed by atoms with E-state index < -0.39 is 11.6 Å². The van der Waals surface area contributed by atoms with Gasteiger partial charge in [0.2, 0.25) is 5.60 Å². The van der Waals surface area contributed by atoms with Crippen LogP contribution < -0.4 is 14.4 Å². The molecular weight excluding hydrogens is 358 g/mol. The van der Waals surface area contributed by atoms with Crippen molar-refractivity contribution in [2.24, 2.45) is 0 Å². The number of likely N-dealkylation sites (N-methyl/N-ethyl adjacent to an activating group) is 1. The molecule has 0 fully saturated rings. The van der Waals surface area contributed by atoms with E-state index in [4.69, 9.17) is 14.2 Å². The van der Waals surface area contributed by atoms with Gasteiger partial charge in [-0.15, -0.1) is 0 Å². The fraction of sp³-hybridized carbons (Fsp3) is 0.273. The summed E-state index contributed by atoms with van der Waals surface area (Å²) < 4.78 is 16.3. The molecule has 1 atom stereocenters. The van der Waals surface area contributed by atoms with E-state index in [-0.39, 0.29) is 12.3 Å². The zero-order valence-electron chi connectivity index (χ0n) is 16.0. The van der Waals surface area contributed by atoms with Gasteiger partial charge in [0.25, 0.3) is 5.91 Å². The van der Waals surface area contributed by atoms with E-state index >= 15 is 0 Å². The van der Waals surface area contributed by atoms with Crippen molar-refractivity contribution in [3.63, 3.8) is 0 Å². The fourth-order valence-corrected chi connectivity index (χ4v) is 3.92. The highest BCUT2D eigenvalue weighted by atomic mass is 16.6. The summed E-state index contributed by atoms with van der Waals surface area (Å²) in [6, 6.07) is 12.8. The van der Waals surface area contributed by atoms with Gasteiger partial charge in [-0.1, -0.05) is 12.1 Å². The summed E-state index contributed by atoms with van der Waals surface area (Å²) >= 11 is 0. The van der Waals surface area contributed by atoms with E-state index in [0.717, 1.165) is 22.6 Å². The number of carbonyl (C=O) groups excluding carboxylic acids is 2. The molecule has 1 amide bonds. The number of nitrogens with zero attached hydrogens (tertiary/aromatic N) is 1. The minimum absolute atomic E-state index is 0.231. The molecule has 2 heterocycles. The smallest absolute Gasteiger partial charge is 0.332 e. The van der Waals surface area contributed by atoms with Gasteiger partial charge in [-0.05, 0) is 48.4 Å². The second kappa shape index (κ2) is 6.71. The van der Waals surface area contributed by atoms with Crippen LogP contribution in [0.15, 0.2) is 48.5 Å². The lowest BCUT2D eigenvalue weighted by molar-refractivity contribution is -0.163. The van der Waals surface area contributed by atoms with Gasteiger partial charge in [-0.3, -0.25) is 4.79 Å². The molecule has 4 rings (SSSR count). The SMILES string of the molecule is CCN1C(=O)[C@]2(CC(c3ccc(OC)cc3)=CC(=O)O2)c2cc(OC)ccc21. The number of fused-ring (bicyclic) bond motifs is 2. The van der Waals surface area contributed by atoms with Crippen LogP contribution in [-0.4, -0.2) is 32.6 Å². The van der Waals surface area contributed by atoms with Crippen LogP contribution in [0.4, 0.5) is 5.69 Å². The third-order valence-corrected chi connectivity index (χ3v) is 5.30. The highest BCUT2D eigenvalue weighted by Gasteiger charge is 2.55. The molecule has 0 saturated carbocycles. The molecule has 0 saturated heterocycles. The molecule has 0 aliphatic carbocycles. The van der Waals surface area contributed by atoms with Crippen molar-refractivity contribution in [3.05, 3.63) is 59.7 Å². The number of esters is 1. The van der Waals surface area contributed by atoms with E-state index in [1.807, 2.05) is 37.3 Å². The van der Waals surface area contributed by atoms with Crippen LogP contribution in [0.5, 0.6) is 11.5 Å². The first-order valence-electron chi connectivity index (χ1n) is 9.11. The van der Waals surface area contributed by atoms with Gasteiger partial charge in [0.05, 0.1) is 19.9 Å². The number of benzene rings is 2. The fourth-order valence-electron chi connectivity index (χ4n) is 3.92. The number of methoxy groups -OCH3 is 2. The maximum atomic E-state index is 13.4. The molecule has 144 valence electrons. The minimum Gasteiger partial charge on any atom is -0.497 e. The number of amides is 1. The Morgan fingerprint density at radius 3 is 2.36 bits per heavy atom. The predicted molar refractivity (Wildman–Crippen MR) is 104 cm³/mol. The molecule has 2 aromatic rings. The molecule has 6 heteroatoms. The molecule has 2 aliphatic heterocycles. The molecular formula is C22H21NO5. The van der Waals surface area contributed by atoms with E-state index in [0.29, 0.717) is 17.9 Å². The molecule has 6 nitrogen and oxygen atoms in total. The van der Waals surface area contributed by atoms with Crippen molar-refractivity contribution in [2.45, 2.75) is 18.9 Å². The van der Waals surface area contributed by atoms with Gasteiger partial charge in [0, 0.05) is 24.6 Å². The van der Waals surface area contributed by atoms with E-state index in [2.05, 4.69) is 0 Å². The first-order valence-corrected chi connectivity index (χ1v) is 9.11. The molecule has 0 unspecified atom stereocenters. The van der Waals surface area contributed by atoms with Crippen molar-refractivity contribution >= 4 is 23.1 Å². The second-order valence-corrected chi connectivity index (χ2v) is 6.76. The summed E-state index contributed by atoms with van der Waals surface area (Å²) in [6.07, 6.45) is 1.72. The monoisotopic (exact) mass is 379 g/mol. The van der Waals surface area contributed by atoms with Crippen molar-refractivity contribution < 1.29 is 23.8 Å². The lowest BCUT2D eigenvalue weighted by Gasteiger charge is -2.32. The topological polar surface area (TPSA) is 65.1 Å². The van der Waals surface area contributed by atoms with Crippen molar-refractivity contribution in [2.75, 3.05) is 25.7 Å². The number of ether oxygens (including phenoxy) is 3. The Hall–Kier alpha value is -3.28. The summed E-state index contributed by atoms with van der Waals surface area (Å²) in [7, 11) is 3.17. The lowest BCUT2D eigenvalue weighted by atomic mass is 9.83. The average Bonchev–Trinajstić information content (AvgIpc) is 2.94. The first-order chi connectivity index (χ1) is 13.5. The number of rotatable bonds is 4. The van der Waals surface area contributed by atoms with Crippen LogP contribution in [0.2, 0.25) is 0 Å². The third-order valence-electron chi connectivity index (χ3n) is 5.30. The highest BCUT2D eigenvalue weighted by molar-refractivity contribution is 6.11. The molecule has 0 radical (unpaired) electrons.